The molecule has 0 aromatic rings. The molecule has 1 rings (SSSR count). The zero-order chi connectivity index (χ0) is 9.68. The third kappa shape index (κ3) is 4.94. The van der Waals surface area contributed by atoms with Crippen LogP contribution in [-0.4, -0.2) is 30.6 Å². The Balaban J connectivity index is 1.92. The quantitative estimate of drug-likeness (QED) is 0.505. The predicted molar refractivity (Wildman–Crippen MR) is 55.9 cm³/mol. The number of allylic oxidation sites excluding steroid dienone is 2. The maximum Gasteiger partial charge on any atom is 0.0914 e. The van der Waals surface area contributed by atoms with Crippen LogP contribution in [0.25, 0.3) is 0 Å². The first kappa shape index (κ1) is 10.6. The Kier molecular flexibility index (Phi) is 4.29. The Morgan fingerprint density at radius 2 is 1.92 bits per heavy atom. The van der Waals surface area contributed by atoms with Crippen molar-refractivity contribution in [3.63, 3.8) is 0 Å². The van der Waals surface area contributed by atoms with Crippen LogP contribution >= 0.6 is 0 Å². The van der Waals surface area contributed by atoms with E-state index in [2.05, 4.69) is 19.0 Å². The zero-order valence-electron chi connectivity index (χ0n) is 8.84. The molecule has 0 bridgehead atoms. The number of aliphatic hydroxyl groups excluding tert-OH is 1. The van der Waals surface area contributed by atoms with Crippen LogP contribution in [0.5, 0.6) is 0 Å². The molecule has 76 valence electrons. The van der Waals surface area contributed by atoms with Crippen molar-refractivity contribution in [2.45, 2.75) is 38.5 Å². The fraction of sp³-hybridized carbons (Fsp3) is 0.818. The summed E-state index contributed by atoms with van der Waals surface area (Å²) >= 11 is 0. The minimum absolute atomic E-state index is 0.685. The van der Waals surface area contributed by atoms with Gasteiger partial charge in [-0.1, -0.05) is 6.42 Å². The van der Waals surface area contributed by atoms with Crippen LogP contribution in [0.15, 0.2) is 11.3 Å². The van der Waals surface area contributed by atoms with Gasteiger partial charge in [-0.15, -0.1) is 0 Å². The number of hydrogen-bond acceptors (Lipinski definition) is 2. The van der Waals surface area contributed by atoms with E-state index in [4.69, 9.17) is 0 Å². The minimum atomic E-state index is 0.685. The number of unbranched alkanes of at least 4 members (excludes halogenated alkanes) is 2. The summed E-state index contributed by atoms with van der Waals surface area (Å²) in [6, 6.07) is 0. The molecular weight excluding hydrogens is 162 g/mol. The summed E-state index contributed by atoms with van der Waals surface area (Å²) in [4.78, 5) is 2.21. The van der Waals surface area contributed by atoms with Crippen LogP contribution in [0.1, 0.15) is 38.5 Å². The van der Waals surface area contributed by atoms with Crippen LogP contribution in [0, 0.1) is 0 Å². The molecule has 1 aliphatic rings. The summed E-state index contributed by atoms with van der Waals surface area (Å²) in [6.07, 6.45) is 6.81. The maximum absolute atomic E-state index is 9.47. The topological polar surface area (TPSA) is 23.5 Å². The largest absolute Gasteiger partial charge is 0.512 e. The van der Waals surface area contributed by atoms with Gasteiger partial charge in [0, 0.05) is 6.42 Å². The normalized spacial score (nSPS) is 15.2. The van der Waals surface area contributed by atoms with Gasteiger partial charge in [0.15, 0.2) is 0 Å². The molecule has 0 aromatic heterocycles. The fourth-order valence-corrected chi connectivity index (χ4v) is 1.43. The van der Waals surface area contributed by atoms with Crippen LogP contribution in [0.3, 0.4) is 0 Å². The number of rotatable bonds is 6. The highest BCUT2D eigenvalue weighted by Gasteiger charge is 2.16. The lowest BCUT2D eigenvalue weighted by Crippen LogP contribution is -2.12. The molecule has 0 heterocycles. The molecule has 0 unspecified atom stereocenters. The van der Waals surface area contributed by atoms with Gasteiger partial charge in [-0.05, 0) is 51.9 Å². The van der Waals surface area contributed by atoms with Gasteiger partial charge in [-0.3, -0.25) is 0 Å². The lowest BCUT2D eigenvalue weighted by atomic mass is 10.1. The summed E-state index contributed by atoms with van der Waals surface area (Å²) in [5.74, 6) is 0.685. The molecule has 13 heavy (non-hydrogen) atoms. The fourth-order valence-electron chi connectivity index (χ4n) is 1.43. The third-order valence-corrected chi connectivity index (χ3v) is 2.43. The smallest absolute Gasteiger partial charge is 0.0914 e. The molecule has 2 heteroatoms. The Morgan fingerprint density at radius 3 is 2.46 bits per heavy atom. The highest BCUT2D eigenvalue weighted by atomic mass is 16.3. The monoisotopic (exact) mass is 183 g/mol. The van der Waals surface area contributed by atoms with Crippen molar-refractivity contribution in [2.24, 2.45) is 0 Å². The lowest BCUT2D eigenvalue weighted by Gasteiger charge is -2.08. The van der Waals surface area contributed by atoms with E-state index in [1.165, 1.54) is 18.4 Å². The molecule has 0 amide bonds. The highest BCUT2D eigenvalue weighted by molar-refractivity contribution is 5.20. The molecule has 1 aliphatic carbocycles. The molecular formula is C11H21NO. The van der Waals surface area contributed by atoms with Gasteiger partial charge in [0.1, 0.15) is 0 Å². The Morgan fingerprint density at radius 1 is 1.23 bits per heavy atom. The van der Waals surface area contributed by atoms with Crippen molar-refractivity contribution < 1.29 is 5.11 Å². The highest BCUT2D eigenvalue weighted by Crippen LogP contribution is 2.32. The molecule has 0 radical (unpaired) electrons. The molecule has 0 spiro atoms. The molecule has 0 saturated heterocycles. The van der Waals surface area contributed by atoms with Crippen molar-refractivity contribution in [2.75, 3.05) is 20.6 Å². The molecule has 0 aliphatic heterocycles. The van der Waals surface area contributed by atoms with E-state index in [1.807, 2.05) is 0 Å². The van der Waals surface area contributed by atoms with Crippen molar-refractivity contribution in [3.8, 4) is 0 Å². The second kappa shape index (κ2) is 5.28. The van der Waals surface area contributed by atoms with Crippen LogP contribution in [0.2, 0.25) is 0 Å². The number of aliphatic hydroxyl groups is 1. The van der Waals surface area contributed by atoms with Gasteiger partial charge in [-0.2, -0.15) is 0 Å². The molecule has 1 fully saturated rings. The lowest BCUT2D eigenvalue weighted by molar-refractivity contribution is 0.365. The Labute approximate surface area is 81.2 Å². The third-order valence-electron chi connectivity index (χ3n) is 2.43. The summed E-state index contributed by atoms with van der Waals surface area (Å²) in [7, 11) is 4.20. The molecule has 0 aromatic carbocycles. The van der Waals surface area contributed by atoms with E-state index < -0.39 is 0 Å². The Hall–Kier alpha value is -0.500. The minimum Gasteiger partial charge on any atom is -0.512 e. The first-order valence-corrected chi connectivity index (χ1v) is 5.24. The second-order valence-corrected chi connectivity index (χ2v) is 4.16. The van der Waals surface area contributed by atoms with Crippen LogP contribution in [-0.2, 0) is 0 Å². The van der Waals surface area contributed by atoms with Gasteiger partial charge in [0.2, 0.25) is 0 Å². The number of nitrogens with zero attached hydrogens (tertiary/aromatic N) is 1. The standard InChI is InChI=1S/C11H21NO/c1-12(2)9-5-3-4-6-11(13)10-7-8-10/h13H,3-9H2,1-2H3. The van der Waals surface area contributed by atoms with E-state index in [0.717, 1.165) is 32.2 Å². The van der Waals surface area contributed by atoms with E-state index >= 15 is 0 Å². The molecule has 2 nitrogen and oxygen atoms in total. The number of hydrogen-bond donors (Lipinski definition) is 1. The van der Waals surface area contributed by atoms with Gasteiger partial charge in [-0.25, -0.2) is 0 Å². The van der Waals surface area contributed by atoms with E-state index in [-0.39, 0.29) is 0 Å². The van der Waals surface area contributed by atoms with E-state index in [1.54, 1.807) is 0 Å². The average Bonchev–Trinajstić information content (AvgIpc) is 2.85. The van der Waals surface area contributed by atoms with Gasteiger partial charge < -0.3 is 10.0 Å². The SMILES string of the molecule is CN(C)CCCCCC(O)=C1CC1. The van der Waals surface area contributed by atoms with E-state index in [0.29, 0.717) is 5.76 Å². The molecule has 1 saturated carbocycles. The zero-order valence-corrected chi connectivity index (χ0v) is 8.84. The molecule has 0 atom stereocenters. The first-order chi connectivity index (χ1) is 6.20. The van der Waals surface area contributed by atoms with Crippen molar-refractivity contribution in [1.82, 2.24) is 4.90 Å². The van der Waals surface area contributed by atoms with Gasteiger partial charge >= 0.3 is 0 Å². The van der Waals surface area contributed by atoms with Crippen molar-refractivity contribution in [1.29, 1.82) is 0 Å². The van der Waals surface area contributed by atoms with E-state index in [9.17, 15) is 5.11 Å². The maximum atomic E-state index is 9.47. The average molecular weight is 183 g/mol. The first-order valence-electron chi connectivity index (χ1n) is 5.24. The summed E-state index contributed by atoms with van der Waals surface area (Å²) < 4.78 is 0. The van der Waals surface area contributed by atoms with Crippen molar-refractivity contribution in [3.05, 3.63) is 11.3 Å². The second-order valence-electron chi connectivity index (χ2n) is 4.16. The predicted octanol–water partition coefficient (Wildman–Crippen LogP) is 2.71. The summed E-state index contributed by atoms with van der Waals surface area (Å²) in [6.45, 7) is 1.16. The summed E-state index contributed by atoms with van der Waals surface area (Å²) in [5, 5.41) is 9.47. The van der Waals surface area contributed by atoms with Gasteiger partial charge in [0.05, 0.1) is 5.76 Å². The molecule has 1 N–H and O–H groups in total. The van der Waals surface area contributed by atoms with Crippen LogP contribution < -0.4 is 0 Å². The summed E-state index contributed by atoms with van der Waals surface area (Å²) in [5.41, 5.74) is 1.30. The van der Waals surface area contributed by atoms with Gasteiger partial charge in [0.25, 0.3) is 0 Å². The Bertz CT molecular complexity index is 179. The van der Waals surface area contributed by atoms with Crippen LogP contribution in [0.4, 0.5) is 0 Å². The van der Waals surface area contributed by atoms with Crippen molar-refractivity contribution >= 4 is 0 Å².